The van der Waals surface area contributed by atoms with Crippen molar-refractivity contribution in [2.75, 3.05) is 13.2 Å². The Bertz CT molecular complexity index is 816. The molecule has 1 unspecified atom stereocenters. The van der Waals surface area contributed by atoms with Gasteiger partial charge in [-0.25, -0.2) is 8.78 Å². The molecule has 1 atom stereocenters. The molecule has 0 fully saturated rings. The van der Waals surface area contributed by atoms with Crippen LogP contribution in [0.2, 0.25) is 0 Å². The van der Waals surface area contributed by atoms with Crippen molar-refractivity contribution >= 4 is 12.0 Å². The molecule has 4 nitrogen and oxygen atoms in total. The molecular formula is C20H19F2NO3. The summed E-state index contributed by atoms with van der Waals surface area (Å²) >= 11 is 0. The minimum atomic E-state index is -0.718. The summed E-state index contributed by atoms with van der Waals surface area (Å²) < 4.78 is 38.4. The van der Waals surface area contributed by atoms with Crippen LogP contribution >= 0.6 is 0 Å². The number of ether oxygens (including phenoxy) is 2. The Balaban J connectivity index is 1.68. The predicted octanol–water partition coefficient (Wildman–Crippen LogP) is 4.02. The van der Waals surface area contributed by atoms with Gasteiger partial charge in [0.15, 0.2) is 11.5 Å². The van der Waals surface area contributed by atoms with E-state index >= 15 is 0 Å². The lowest BCUT2D eigenvalue weighted by Crippen LogP contribution is -2.24. The molecule has 136 valence electrons. The van der Waals surface area contributed by atoms with E-state index in [1.54, 1.807) is 0 Å². The maximum absolute atomic E-state index is 13.6. The van der Waals surface area contributed by atoms with E-state index in [-0.39, 0.29) is 11.6 Å². The SMILES string of the molecule is CC(NC(=O)C=Cc1c(F)cccc1F)c1ccc2c(c1)OCCCO2. The van der Waals surface area contributed by atoms with Crippen LogP contribution in [0.25, 0.3) is 6.08 Å². The van der Waals surface area contributed by atoms with Crippen LogP contribution in [-0.4, -0.2) is 19.1 Å². The van der Waals surface area contributed by atoms with E-state index in [4.69, 9.17) is 9.47 Å². The smallest absolute Gasteiger partial charge is 0.244 e. The van der Waals surface area contributed by atoms with Gasteiger partial charge in [0.2, 0.25) is 5.91 Å². The number of carbonyl (C=O) groups is 1. The molecule has 1 aliphatic rings. The zero-order chi connectivity index (χ0) is 18.5. The summed E-state index contributed by atoms with van der Waals surface area (Å²) in [6.07, 6.45) is 3.05. The molecule has 2 aromatic carbocycles. The van der Waals surface area contributed by atoms with Crippen LogP contribution in [-0.2, 0) is 4.79 Å². The van der Waals surface area contributed by atoms with Crippen LogP contribution in [0, 0.1) is 11.6 Å². The minimum absolute atomic E-state index is 0.245. The molecule has 1 amide bonds. The zero-order valence-corrected chi connectivity index (χ0v) is 14.3. The van der Waals surface area contributed by atoms with Crippen LogP contribution in [0.4, 0.5) is 8.78 Å². The van der Waals surface area contributed by atoms with Gasteiger partial charge in [-0.15, -0.1) is 0 Å². The molecule has 3 rings (SSSR count). The predicted molar refractivity (Wildman–Crippen MR) is 94.0 cm³/mol. The highest BCUT2D eigenvalue weighted by molar-refractivity contribution is 5.92. The van der Waals surface area contributed by atoms with E-state index in [0.717, 1.165) is 36.3 Å². The molecule has 26 heavy (non-hydrogen) atoms. The molecule has 0 saturated carbocycles. The van der Waals surface area contributed by atoms with Gasteiger partial charge < -0.3 is 14.8 Å². The number of hydrogen-bond donors (Lipinski definition) is 1. The second kappa shape index (κ2) is 7.99. The van der Waals surface area contributed by atoms with E-state index in [1.807, 2.05) is 25.1 Å². The molecule has 1 heterocycles. The van der Waals surface area contributed by atoms with Gasteiger partial charge in [0, 0.05) is 18.1 Å². The van der Waals surface area contributed by atoms with Crippen molar-refractivity contribution in [2.45, 2.75) is 19.4 Å². The molecule has 1 N–H and O–H groups in total. The molecule has 0 bridgehead atoms. The average Bonchev–Trinajstić information content (AvgIpc) is 2.86. The molecule has 6 heteroatoms. The number of amides is 1. The lowest BCUT2D eigenvalue weighted by Gasteiger charge is -2.15. The van der Waals surface area contributed by atoms with Gasteiger partial charge in [-0.2, -0.15) is 0 Å². The highest BCUT2D eigenvalue weighted by Gasteiger charge is 2.14. The topological polar surface area (TPSA) is 47.6 Å². The first-order valence-corrected chi connectivity index (χ1v) is 8.37. The maximum atomic E-state index is 13.6. The Kier molecular flexibility index (Phi) is 5.51. The number of hydrogen-bond acceptors (Lipinski definition) is 3. The van der Waals surface area contributed by atoms with Gasteiger partial charge in [0.1, 0.15) is 11.6 Å². The summed E-state index contributed by atoms with van der Waals surface area (Å²) in [6, 6.07) is 8.72. The number of nitrogens with one attached hydrogen (secondary N) is 1. The third kappa shape index (κ3) is 4.20. The van der Waals surface area contributed by atoms with Crippen molar-refractivity contribution in [3.63, 3.8) is 0 Å². The highest BCUT2D eigenvalue weighted by atomic mass is 19.1. The molecule has 0 saturated heterocycles. The number of benzene rings is 2. The third-order valence-electron chi connectivity index (χ3n) is 4.03. The van der Waals surface area contributed by atoms with Gasteiger partial charge in [0.05, 0.1) is 19.3 Å². The number of rotatable bonds is 4. The average molecular weight is 359 g/mol. The van der Waals surface area contributed by atoms with Crippen molar-refractivity contribution in [3.8, 4) is 11.5 Å². The first-order valence-electron chi connectivity index (χ1n) is 8.37. The van der Waals surface area contributed by atoms with E-state index in [9.17, 15) is 13.6 Å². The summed E-state index contributed by atoms with van der Waals surface area (Å²) in [6.45, 7) is 3.00. The van der Waals surface area contributed by atoms with Crippen LogP contribution in [0.1, 0.15) is 30.5 Å². The van der Waals surface area contributed by atoms with E-state index in [0.29, 0.717) is 24.7 Å². The first-order chi connectivity index (χ1) is 12.5. The van der Waals surface area contributed by atoms with Gasteiger partial charge in [-0.3, -0.25) is 4.79 Å². The third-order valence-corrected chi connectivity index (χ3v) is 4.03. The van der Waals surface area contributed by atoms with Crippen LogP contribution < -0.4 is 14.8 Å². The molecular weight excluding hydrogens is 340 g/mol. The fourth-order valence-electron chi connectivity index (χ4n) is 2.62. The lowest BCUT2D eigenvalue weighted by molar-refractivity contribution is -0.117. The normalized spacial score (nSPS) is 14.7. The summed E-state index contributed by atoms with van der Waals surface area (Å²) in [7, 11) is 0. The summed E-state index contributed by atoms with van der Waals surface area (Å²) in [5.41, 5.74) is 0.596. The van der Waals surface area contributed by atoms with E-state index in [1.165, 1.54) is 6.07 Å². The Morgan fingerprint density at radius 3 is 2.54 bits per heavy atom. The second-order valence-corrected chi connectivity index (χ2v) is 5.96. The van der Waals surface area contributed by atoms with E-state index < -0.39 is 17.5 Å². The molecule has 0 aromatic heterocycles. The van der Waals surface area contributed by atoms with Crippen molar-refractivity contribution in [3.05, 3.63) is 65.2 Å². The highest BCUT2D eigenvalue weighted by Crippen LogP contribution is 2.32. The first kappa shape index (κ1) is 17.9. The van der Waals surface area contributed by atoms with Gasteiger partial charge in [-0.05, 0) is 42.8 Å². The minimum Gasteiger partial charge on any atom is -0.490 e. The Morgan fingerprint density at radius 1 is 1.12 bits per heavy atom. The summed E-state index contributed by atoms with van der Waals surface area (Å²) in [5.74, 6) is -0.563. The summed E-state index contributed by atoms with van der Waals surface area (Å²) in [5, 5.41) is 2.76. The number of halogens is 2. The van der Waals surface area contributed by atoms with Crippen molar-refractivity contribution in [2.24, 2.45) is 0 Å². The lowest BCUT2D eigenvalue weighted by atomic mass is 10.1. The number of carbonyl (C=O) groups excluding carboxylic acids is 1. The van der Waals surface area contributed by atoms with Crippen molar-refractivity contribution in [1.29, 1.82) is 0 Å². The summed E-state index contributed by atoms with van der Waals surface area (Å²) in [4.78, 5) is 12.1. The van der Waals surface area contributed by atoms with Crippen LogP contribution in [0.15, 0.2) is 42.5 Å². The molecule has 1 aliphatic heterocycles. The van der Waals surface area contributed by atoms with Crippen LogP contribution in [0.5, 0.6) is 11.5 Å². The van der Waals surface area contributed by atoms with Gasteiger partial charge in [-0.1, -0.05) is 12.1 Å². The van der Waals surface area contributed by atoms with Gasteiger partial charge in [0.25, 0.3) is 0 Å². The largest absolute Gasteiger partial charge is 0.490 e. The molecule has 0 aliphatic carbocycles. The monoisotopic (exact) mass is 359 g/mol. The zero-order valence-electron chi connectivity index (χ0n) is 14.3. The second-order valence-electron chi connectivity index (χ2n) is 5.96. The number of fused-ring (bicyclic) bond motifs is 1. The molecule has 0 spiro atoms. The maximum Gasteiger partial charge on any atom is 0.244 e. The van der Waals surface area contributed by atoms with Crippen molar-refractivity contribution in [1.82, 2.24) is 5.32 Å². The van der Waals surface area contributed by atoms with Crippen molar-refractivity contribution < 1.29 is 23.0 Å². The standard InChI is InChI=1S/C20H19F2NO3/c1-13(14-6-8-18-19(12-14)26-11-3-10-25-18)23-20(24)9-7-15-16(21)4-2-5-17(15)22/h2,4-9,12-13H,3,10-11H2,1H3,(H,23,24). The van der Waals surface area contributed by atoms with Gasteiger partial charge >= 0.3 is 0 Å². The Hall–Kier alpha value is -2.89. The Labute approximate surface area is 150 Å². The fourth-order valence-corrected chi connectivity index (χ4v) is 2.62. The van der Waals surface area contributed by atoms with E-state index in [2.05, 4.69) is 5.32 Å². The quantitative estimate of drug-likeness (QED) is 0.839. The fraction of sp³-hybridized carbons (Fsp3) is 0.250. The molecule has 2 aromatic rings. The Morgan fingerprint density at radius 2 is 1.81 bits per heavy atom. The van der Waals surface area contributed by atoms with Crippen LogP contribution in [0.3, 0.4) is 0 Å². The molecule has 0 radical (unpaired) electrons.